The molecule has 0 unspecified atom stereocenters. The maximum absolute atomic E-state index is 14.3. The minimum absolute atomic E-state index is 0.129. The average molecular weight is 394 g/mol. The van der Waals surface area contributed by atoms with Crippen molar-refractivity contribution < 1.29 is 14.0 Å². The zero-order chi connectivity index (χ0) is 20.2. The van der Waals surface area contributed by atoms with E-state index >= 15 is 0 Å². The highest BCUT2D eigenvalue weighted by molar-refractivity contribution is 5.94. The van der Waals surface area contributed by atoms with Crippen LogP contribution >= 0.6 is 0 Å². The molecule has 4 rings (SSSR count). The number of anilines is 1. The number of carbonyl (C=O) groups is 2. The molecule has 1 aromatic carbocycles. The fourth-order valence-corrected chi connectivity index (χ4v) is 3.34. The van der Waals surface area contributed by atoms with Crippen LogP contribution in [0.5, 0.6) is 0 Å². The van der Waals surface area contributed by atoms with Crippen molar-refractivity contribution in [3.05, 3.63) is 66.8 Å². The predicted molar refractivity (Wildman–Crippen MR) is 103 cm³/mol. The maximum atomic E-state index is 14.3. The van der Waals surface area contributed by atoms with Gasteiger partial charge in [0.05, 0.1) is 0 Å². The SMILES string of the molecule is O=C(Nc1ccc(-n2cncn2)c(F)c1)C1CCN(C(=O)c2ccccn2)CC1. The minimum atomic E-state index is -0.510. The van der Waals surface area contributed by atoms with Crippen LogP contribution in [-0.2, 0) is 4.79 Å². The van der Waals surface area contributed by atoms with E-state index in [1.807, 2.05) is 0 Å². The van der Waals surface area contributed by atoms with Crippen molar-refractivity contribution in [3.63, 3.8) is 0 Å². The van der Waals surface area contributed by atoms with Gasteiger partial charge in [0.2, 0.25) is 5.91 Å². The van der Waals surface area contributed by atoms with Crippen LogP contribution < -0.4 is 5.32 Å². The first-order valence-electron chi connectivity index (χ1n) is 9.27. The zero-order valence-corrected chi connectivity index (χ0v) is 15.5. The van der Waals surface area contributed by atoms with Crippen molar-refractivity contribution in [3.8, 4) is 5.69 Å². The van der Waals surface area contributed by atoms with Crippen molar-refractivity contribution in [1.82, 2.24) is 24.6 Å². The molecule has 0 atom stereocenters. The van der Waals surface area contributed by atoms with Crippen molar-refractivity contribution in [2.45, 2.75) is 12.8 Å². The van der Waals surface area contributed by atoms with Crippen LogP contribution in [0.1, 0.15) is 23.3 Å². The summed E-state index contributed by atoms with van der Waals surface area (Å²) in [6.07, 6.45) is 5.39. The summed E-state index contributed by atoms with van der Waals surface area (Å²) in [5.74, 6) is -1.05. The first-order chi connectivity index (χ1) is 14.1. The normalized spacial score (nSPS) is 14.6. The number of nitrogens with one attached hydrogen (secondary N) is 1. The van der Waals surface area contributed by atoms with Gasteiger partial charge in [-0.1, -0.05) is 6.07 Å². The molecule has 0 spiro atoms. The van der Waals surface area contributed by atoms with E-state index in [1.54, 1.807) is 35.4 Å². The van der Waals surface area contributed by atoms with E-state index in [1.165, 1.54) is 29.5 Å². The van der Waals surface area contributed by atoms with Crippen LogP contribution in [0.2, 0.25) is 0 Å². The Bertz CT molecular complexity index is 1000. The molecule has 2 aromatic heterocycles. The zero-order valence-electron chi connectivity index (χ0n) is 15.5. The molecule has 0 bridgehead atoms. The lowest BCUT2D eigenvalue weighted by molar-refractivity contribution is -0.121. The standard InChI is InChI=1S/C20H19FN6O2/c21-16-11-15(4-5-18(16)27-13-22-12-24-27)25-19(28)14-6-9-26(10-7-14)20(29)17-3-1-2-8-23-17/h1-5,8,11-14H,6-7,9-10H2,(H,25,28). The van der Waals surface area contributed by atoms with Crippen molar-refractivity contribution in [2.24, 2.45) is 5.92 Å². The molecule has 1 aliphatic heterocycles. The first kappa shape index (κ1) is 18.7. The number of halogens is 1. The Labute approximate surface area is 166 Å². The molecule has 3 aromatic rings. The second-order valence-corrected chi connectivity index (χ2v) is 6.78. The molecule has 1 saturated heterocycles. The van der Waals surface area contributed by atoms with E-state index in [4.69, 9.17) is 0 Å². The number of benzene rings is 1. The largest absolute Gasteiger partial charge is 0.337 e. The summed E-state index contributed by atoms with van der Waals surface area (Å²) in [5, 5.41) is 6.66. The molecule has 3 heterocycles. The van der Waals surface area contributed by atoms with Gasteiger partial charge in [-0.2, -0.15) is 5.10 Å². The molecule has 29 heavy (non-hydrogen) atoms. The lowest BCUT2D eigenvalue weighted by Gasteiger charge is -2.31. The summed E-state index contributed by atoms with van der Waals surface area (Å²) < 4.78 is 15.6. The molecular weight excluding hydrogens is 375 g/mol. The van der Waals surface area contributed by atoms with Crippen molar-refractivity contribution in [1.29, 1.82) is 0 Å². The van der Waals surface area contributed by atoms with E-state index in [0.717, 1.165) is 0 Å². The van der Waals surface area contributed by atoms with Gasteiger partial charge in [-0.25, -0.2) is 14.1 Å². The number of amides is 2. The Kier molecular flexibility index (Phi) is 5.28. The van der Waals surface area contributed by atoms with Crippen LogP contribution in [0.25, 0.3) is 5.69 Å². The van der Waals surface area contributed by atoms with Gasteiger partial charge in [-0.3, -0.25) is 14.6 Å². The fraction of sp³-hybridized carbons (Fsp3) is 0.250. The van der Waals surface area contributed by atoms with Gasteiger partial charge in [0.1, 0.15) is 24.0 Å². The quantitative estimate of drug-likeness (QED) is 0.733. The van der Waals surface area contributed by atoms with Gasteiger partial charge in [0, 0.05) is 30.9 Å². The van der Waals surface area contributed by atoms with Gasteiger partial charge in [-0.05, 0) is 43.2 Å². The minimum Gasteiger partial charge on any atom is -0.337 e. The number of pyridine rings is 1. The Balaban J connectivity index is 1.34. The van der Waals surface area contributed by atoms with Crippen LogP contribution in [0.15, 0.2) is 55.2 Å². The molecule has 0 radical (unpaired) electrons. The number of likely N-dealkylation sites (tertiary alicyclic amines) is 1. The predicted octanol–water partition coefficient (Wildman–Crippen LogP) is 2.29. The van der Waals surface area contributed by atoms with Gasteiger partial charge >= 0.3 is 0 Å². The number of aromatic nitrogens is 4. The van der Waals surface area contributed by atoms with Gasteiger partial charge in [0.25, 0.3) is 5.91 Å². The highest BCUT2D eigenvalue weighted by Crippen LogP contribution is 2.22. The van der Waals surface area contributed by atoms with Crippen LogP contribution in [0.4, 0.5) is 10.1 Å². The third kappa shape index (κ3) is 4.13. The molecule has 148 valence electrons. The monoisotopic (exact) mass is 394 g/mol. The highest BCUT2D eigenvalue weighted by Gasteiger charge is 2.28. The van der Waals surface area contributed by atoms with Gasteiger partial charge in [-0.15, -0.1) is 0 Å². The third-order valence-electron chi connectivity index (χ3n) is 4.92. The number of hydrogen-bond donors (Lipinski definition) is 1. The summed E-state index contributed by atoms with van der Waals surface area (Å²) in [7, 11) is 0. The molecule has 0 aliphatic carbocycles. The summed E-state index contributed by atoms with van der Waals surface area (Å²) >= 11 is 0. The number of piperidine rings is 1. The smallest absolute Gasteiger partial charge is 0.272 e. The van der Waals surface area contributed by atoms with Crippen molar-refractivity contribution in [2.75, 3.05) is 18.4 Å². The van der Waals surface area contributed by atoms with Gasteiger partial charge < -0.3 is 10.2 Å². The molecular formula is C20H19FN6O2. The van der Waals surface area contributed by atoms with Crippen LogP contribution in [-0.4, -0.2) is 49.6 Å². The molecule has 1 aliphatic rings. The summed E-state index contributed by atoms with van der Waals surface area (Å²) in [6.45, 7) is 0.959. The lowest BCUT2D eigenvalue weighted by atomic mass is 9.95. The number of carbonyl (C=O) groups excluding carboxylic acids is 2. The number of rotatable bonds is 4. The number of nitrogens with zero attached hydrogens (tertiary/aromatic N) is 5. The summed E-state index contributed by atoms with van der Waals surface area (Å²) in [4.78, 5) is 34.6. The Hall–Kier alpha value is -3.62. The average Bonchev–Trinajstić information content (AvgIpc) is 3.28. The van der Waals surface area contributed by atoms with E-state index in [0.29, 0.717) is 37.3 Å². The summed E-state index contributed by atoms with van der Waals surface area (Å²) in [5.41, 5.74) is 1.03. The van der Waals surface area contributed by atoms with E-state index < -0.39 is 5.82 Å². The lowest BCUT2D eigenvalue weighted by Crippen LogP contribution is -2.41. The van der Waals surface area contributed by atoms with Gasteiger partial charge in [0.15, 0.2) is 5.82 Å². The van der Waals surface area contributed by atoms with E-state index in [2.05, 4.69) is 20.4 Å². The van der Waals surface area contributed by atoms with Crippen molar-refractivity contribution >= 4 is 17.5 Å². The molecule has 1 N–H and O–H groups in total. The molecule has 1 fully saturated rings. The Morgan fingerprint density at radius 3 is 2.62 bits per heavy atom. The maximum Gasteiger partial charge on any atom is 0.272 e. The number of hydrogen-bond acceptors (Lipinski definition) is 5. The molecule has 9 heteroatoms. The molecule has 0 saturated carbocycles. The Morgan fingerprint density at radius 1 is 1.14 bits per heavy atom. The first-order valence-corrected chi connectivity index (χ1v) is 9.27. The Morgan fingerprint density at radius 2 is 1.97 bits per heavy atom. The second kappa shape index (κ2) is 8.17. The van der Waals surface area contributed by atoms with Crippen LogP contribution in [0, 0.1) is 11.7 Å². The highest BCUT2D eigenvalue weighted by atomic mass is 19.1. The topological polar surface area (TPSA) is 93.0 Å². The molecule has 2 amide bonds. The second-order valence-electron chi connectivity index (χ2n) is 6.78. The fourth-order valence-electron chi connectivity index (χ4n) is 3.34. The summed E-state index contributed by atoms with van der Waals surface area (Å²) in [6, 6.07) is 9.63. The van der Waals surface area contributed by atoms with Crippen LogP contribution in [0.3, 0.4) is 0 Å². The van der Waals surface area contributed by atoms with E-state index in [9.17, 15) is 14.0 Å². The molecule has 8 nitrogen and oxygen atoms in total. The third-order valence-corrected chi connectivity index (χ3v) is 4.92. The van der Waals surface area contributed by atoms with E-state index in [-0.39, 0.29) is 23.4 Å².